The van der Waals surface area contributed by atoms with Crippen LogP contribution in [0.2, 0.25) is 0 Å². The minimum atomic E-state index is -3.43. The molecule has 0 atom stereocenters. The van der Waals surface area contributed by atoms with Crippen LogP contribution >= 0.6 is 0 Å². The molecule has 9 heteroatoms. The minimum absolute atomic E-state index is 0.158. The van der Waals surface area contributed by atoms with Gasteiger partial charge in [0.1, 0.15) is 17.8 Å². The van der Waals surface area contributed by atoms with E-state index >= 15 is 0 Å². The van der Waals surface area contributed by atoms with E-state index in [1.165, 1.54) is 0 Å². The molecule has 1 saturated heterocycles. The second-order valence-electron chi connectivity index (χ2n) is 8.12. The van der Waals surface area contributed by atoms with E-state index in [1.54, 1.807) is 22.0 Å². The van der Waals surface area contributed by atoms with Crippen LogP contribution < -0.4 is 4.90 Å². The van der Waals surface area contributed by atoms with E-state index in [2.05, 4.69) is 19.9 Å². The number of rotatable bonds is 4. The Balaban J connectivity index is 1.41. The van der Waals surface area contributed by atoms with Crippen LogP contribution in [0.4, 0.5) is 5.82 Å². The molecule has 0 radical (unpaired) electrons. The third kappa shape index (κ3) is 2.75. The van der Waals surface area contributed by atoms with Crippen molar-refractivity contribution < 1.29 is 8.42 Å². The van der Waals surface area contributed by atoms with Gasteiger partial charge >= 0.3 is 0 Å². The van der Waals surface area contributed by atoms with Crippen molar-refractivity contribution in [3.8, 4) is 0 Å². The standard InChI is InChI=1S/C18H26N6O2S/c1-22(14-4-2-3-5-14)27(25,26)24-11-10-23(12-18(24)7-8-18)17-15-6-9-19-16(15)20-13-21-17/h6,9,13-14H,2-5,7-8,10-12H2,1H3,(H,19,20,21). The van der Waals surface area contributed by atoms with Gasteiger partial charge in [-0.25, -0.2) is 9.97 Å². The number of aromatic nitrogens is 3. The lowest BCUT2D eigenvalue weighted by Gasteiger charge is -2.43. The zero-order valence-electron chi connectivity index (χ0n) is 15.6. The SMILES string of the molecule is CN(C1CCCC1)S(=O)(=O)N1CCN(c2ncnc3[nH]ccc23)CC12CC2. The summed E-state index contributed by atoms with van der Waals surface area (Å²) in [4.78, 5) is 14.1. The molecule has 3 heterocycles. The number of nitrogens with one attached hydrogen (secondary N) is 1. The van der Waals surface area contributed by atoms with Gasteiger partial charge in [-0.1, -0.05) is 12.8 Å². The molecule has 0 aromatic carbocycles. The van der Waals surface area contributed by atoms with Crippen molar-refractivity contribution >= 4 is 27.1 Å². The lowest BCUT2D eigenvalue weighted by Crippen LogP contribution is -2.60. The number of nitrogens with zero attached hydrogens (tertiary/aromatic N) is 5. The lowest BCUT2D eigenvalue weighted by atomic mass is 10.2. The molecule has 5 rings (SSSR count). The summed E-state index contributed by atoms with van der Waals surface area (Å²) in [5.74, 6) is 0.897. The van der Waals surface area contributed by atoms with Gasteiger partial charge in [-0.3, -0.25) is 0 Å². The average Bonchev–Trinajstić information content (AvgIpc) is 3.10. The molecular formula is C18H26N6O2S. The van der Waals surface area contributed by atoms with Gasteiger partial charge in [0.2, 0.25) is 0 Å². The Labute approximate surface area is 159 Å². The highest BCUT2D eigenvalue weighted by Crippen LogP contribution is 2.47. The van der Waals surface area contributed by atoms with Crippen LogP contribution in [-0.2, 0) is 10.2 Å². The van der Waals surface area contributed by atoms with Gasteiger partial charge in [-0.15, -0.1) is 0 Å². The van der Waals surface area contributed by atoms with Crippen molar-refractivity contribution in [2.45, 2.75) is 50.1 Å². The normalized spacial score (nSPS) is 23.7. The smallest absolute Gasteiger partial charge is 0.282 e. The first-order chi connectivity index (χ1) is 13.0. The molecule has 3 fully saturated rings. The Hall–Kier alpha value is -1.71. The molecule has 27 heavy (non-hydrogen) atoms. The fraction of sp³-hybridized carbons (Fsp3) is 0.667. The largest absolute Gasteiger partial charge is 0.353 e. The zero-order chi connectivity index (χ0) is 18.6. The second kappa shape index (κ2) is 6.15. The third-order valence-corrected chi connectivity index (χ3v) is 8.68. The first kappa shape index (κ1) is 17.4. The van der Waals surface area contributed by atoms with Crippen LogP contribution in [0.3, 0.4) is 0 Å². The van der Waals surface area contributed by atoms with Crippen molar-refractivity contribution in [2.24, 2.45) is 0 Å². The van der Waals surface area contributed by atoms with Crippen LogP contribution in [0.15, 0.2) is 18.6 Å². The summed E-state index contributed by atoms with van der Waals surface area (Å²) in [6, 6.07) is 2.14. The number of fused-ring (bicyclic) bond motifs is 1. The molecule has 8 nitrogen and oxygen atoms in total. The molecule has 2 aromatic rings. The van der Waals surface area contributed by atoms with Gasteiger partial charge in [0, 0.05) is 38.9 Å². The summed E-state index contributed by atoms with van der Waals surface area (Å²) in [5, 5.41) is 0.993. The molecule has 0 amide bonds. The number of hydrogen-bond acceptors (Lipinski definition) is 5. The molecule has 1 N–H and O–H groups in total. The van der Waals surface area contributed by atoms with Gasteiger partial charge in [-0.2, -0.15) is 17.0 Å². The number of piperazine rings is 1. The van der Waals surface area contributed by atoms with E-state index in [9.17, 15) is 8.42 Å². The molecule has 0 bridgehead atoms. The summed E-state index contributed by atoms with van der Waals surface area (Å²) < 4.78 is 30.1. The summed E-state index contributed by atoms with van der Waals surface area (Å²) in [6.07, 6.45) is 9.50. The summed E-state index contributed by atoms with van der Waals surface area (Å²) in [6.45, 7) is 1.86. The van der Waals surface area contributed by atoms with Crippen molar-refractivity contribution in [1.82, 2.24) is 23.6 Å². The van der Waals surface area contributed by atoms with Gasteiger partial charge in [0.15, 0.2) is 0 Å². The molecule has 1 aliphatic heterocycles. The molecule has 2 aliphatic carbocycles. The van der Waals surface area contributed by atoms with E-state index in [0.717, 1.165) is 55.4 Å². The van der Waals surface area contributed by atoms with Crippen LogP contribution in [0.1, 0.15) is 38.5 Å². The van der Waals surface area contributed by atoms with Crippen molar-refractivity contribution in [3.05, 3.63) is 18.6 Å². The quantitative estimate of drug-likeness (QED) is 0.859. The molecule has 3 aliphatic rings. The van der Waals surface area contributed by atoms with Crippen molar-refractivity contribution in [2.75, 3.05) is 31.6 Å². The Morgan fingerprint density at radius 3 is 2.74 bits per heavy atom. The Kier molecular flexibility index (Phi) is 3.96. The number of H-pyrrole nitrogens is 1. The molecule has 0 unspecified atom stereocenters. The molecular weight excluding hydrogens is 364 g/mol. The van der Waals surface area contributed by atoms with E-state index in [-0.39, 0.29) is 11.6 Å². The first-order valence-corrected chi connectivity index (χ1v) is 11.2. The molecule has 146 valence electrons. The number of aromatic amines is 1. The Bertz CT molecular complexity index is 948. The topological polar surface area (TPSA) is 85.4 Å². The monoisotopic (exact) mass is 390 g/mol. The van der Waals surface area contributed by atoms with Gasteiger partial charge < -0.3 is 9.88 Å². The predicted molar refractivity (Wildman–Crippen MR) is 104 cm³/mol. The molecule has 1 spiro atoms. The lowest BCUT2D eigenvalue weighted by molar-refractivity contribution is 0.239. The minimum Gasteiger partial charge on any atom is -0.353 e. The van der Waals surface area contributed by atoms with Gasteiger partial charge in [0.25, 0.3) is 10.2 Å². The van der Waals surface area contributed by atoms with Crippen LogP contribution in [0.5, 0.6) is 0 Å². The van der Waals surface area contributed by atoms with E-state index in [1.807, 2.05) is 12.3 Å². The summed E-state index contributed by atoms with van der Waals surface area (Å²) in [5.41, 5.74) is 0.540. The third-order valence-electron chi connectivity index (χ3n) is 6.53. The molecule has 2 saturated carbocycles. The van der Waals surface area contributed by atoms with E-state index < -0.39 is 10.2 Å². The maximum atomic E-state index is 13.3. The van der Waals surface area contributed by atoms with Crippen LogP contribution in [-0.4, -0.2) is 70.2 Å². The first-order valence-electron chi connectivity index (χ1n) is 9.80. The van der Waals surface area contributed by atoms with E-state index in [4.69, 9.17) is 0 Å². The Morgan fingerprint density at radius 2 is 2.00 bits per heavy atom. The maximum absolute atomic E-state index is 13.3. The maximum Gasteiger partial charge on any atom is 0.282 e. The van der Waals surface area contributed by atoms with Crippen LogP contribution in [0.25, 0.3) is 11.0 Å². The fourth-order valence-electron chi connectivity index (χ4n) is 4.78. The zero-order valence-corrected chi connectivity index (χ0v) is 16.5. The fourth-order valence-corrected chi connectivity index (χ4v) is 6.72. The summed E-state index contributed by atoms with van der Waals surface area (Å²) in [7, 11) is -1.66. The molecule has 2 aromatic heterocycles. The van der Waals surface area contributed by atoms with Crippen molar-refractivity contribution in [1.29, 1.82) is 0 Å². The van der Waals surface area contributed by atoms with Gasteiger partial charge in [-0.05, 0) is 31.7 Å². The summed E-state index contributed by atoms with van der Waals surface area (Å²) >= 11 is 0. The number of anilines is 1. The highest BCUT2D eigenvalue weighted by atomic mass is 32.2. The van der Waals surface area contributed by atoms with Crippen molar-refractivity contribution in [3.63, 3.8) is 0 Å². The highest BCUT2D eigenvalue weighted by molar-refractivity contribution is 7.86. The van der Waals surface area contributed by atoms with Crippen LogP contribution in [0, 0.1) is 0 Å². The van der Waals surface area contributed by atoms with Gasteiger partial charge in [0.05, 0.1) is 10.9 Å². The van der Waals surface area contributed by atoms with E-state index in [0.29, 0.717) is 19.6 Å². The second-order valence-corrected chi connectivity index (χ2v) is 10.0. The predicted octanol–water partition coefficient (Wildman–Crippen LogP) is 1.73. The highest BCUT2D eigenvalue weighted by Gasteiger charge is 2.57. The number of hydrogen-bond donors (Lipinski definition) is 1. The Morgan fingerprint density at radius 1 is 1.22 bits per heavy atom. The average molecular weight is 391 g/mol.